The fraction of sp³-hybridized carbons (Fsp3) is 0.950. The fourth-order valence-corrected chi connectivity index (χ4v) is 12.5. The molecule has 0 N–H and O–H groups in total. The van der Waals surface area contributed by atoms with Gasteiger partial charge in [0.1, 0.15) is 0 Å². The maximum atomic E-state index is 14.0. The van der Waals surface area contributed by atoms with Crippen LogP contribution in [0.15, 0.2) is 0 Å². The van der Waals surface area contributed by atoms with Gasteiger partial charge in [-0.15, -0.1) is 0 Å². The normalized spacial score (nSPS) is 49.4. The van der Waals surface area contributed by atoms with E-state index in [2.05, 4.69) is 87.3 Å². The van der Waals surface area contributed by atoms with Crippen molar-refractivity contribution < 1.29 is 4.79 Å². The van der Waals surface area contributed by atoms with Crippen molar-refractivity contribution in [3.63, 3.8) is 0 Å². The molecule has 4 aliphatic carbocycles. The molecule has 0 radical (unpaired) electrons. The van der Waals surface area contributed by atoms with Crippen molar-refractivity contribution in [2.24, 2.45) is 27.1 Å². The van der Waals surface area contributed by atoms with Gasteiger partial charge in [0.2, 0.25) is 5.91 Å². The van der Waals surface area contributed by atoms with Crippen LogP contribution in [0.2, 0.25) is 0 Å². The molecule has 1 heterocycles. The van der Waals surface area contributed by atoms with Gasteiger partial charge < -0.3 is 4.90 Å². The van der Waals surface area contributed by atoms with Crippen LogP contribution >= 0.6 is 47.8 Å². The first kappa shape index (κ1) is 19.2. The lowest BCUT2D eigenvalue weighted by atomic mass is 9.43. The maximum absolute atomic E-state index is 14.0. The van der Waals surface area contributed by atoms with E-state index in [1.807, 2.05) is 0 Å². The first-order chi connectivity index (χ1) is 11.3. The predicted molar refractivity (Wildman–Crippen MR) is 113 cm³/mol. The van der Waals surface area contributed by atoms with Crippen molar-refractivity contribution >= 4 is 53.7 Å². The molecule has 0 aromatic carbocycles. The quantitative estimate of drug-likeness (QED) is 0.388. The number of amides is 1. The molecule has 0 spiro atoms. The number of carbonyl (C=O) groups is 1. The van der Waals surface area contributed by atoms with Gasteiger partial charge in [0.25, 0.3) is 0 Å². The molecule has 4 saturated carbocycles. The summed E-state index contributed by atoms with van der Waals surface area (Å²) < 4.78 is 0.240. The highest BCUT2D eigenvalue weighted by molar-refractivity contribution is 9.24. The standard InChI is InChI=1S/C20H30Br3NO/c1-16(2)8-12-9-18(5,10-16)11-24(12)15(25)20-7-6-19(13(20)21,14(22)23)17(20,3)4/h12-14H,6-11H2,1-5H3. The second-order valence-electron chi connectivity index (χ2n) is 10.9. The zero-order chi connectivity index (χ0) is 18.6. The van der Waals surface area contributed by atoms with Crippen LogP contribution in [0, 0.1) is 27.1 Å². The van der Waals surface area contributed by atoms with Crippen LogP contribution < -0.4 is 0 Å². The highest BCUT2D eigenvalue weighted by Crippen LogP contribution is 2.83. The third kappa shape index (κ3) is 2.10. The van der Waals surface area contributed by atoms with E-state index in [4.69, 9.17) is 0 Å². The van der Waals surface area contributed by atoms with E-state index in [1.165, 1.54) is 12.8 Å². The molecule has 5 unspecified atom stereocenters. The van der Waals surface area contributed by atoms with Gasteiger partial charge in [-0.3, -0.25) is 4.79 Å². The number of rotatable bonds is 2. The van der Waals surface area contributed by atoms with Gasteiger partial charge >= 0.3 is 0 Å². The Hall–Kier alpha value is 0.910. The zero-order valence-electron chi connectivity index (χ0n) is 16.0. The van der Waals surface area contributed by atoms with Crippen LogP contribution in [-0.4, -0.2) is 32.0 Å². The summed E-state index contributed by atoms with van der Waals surface area (Å²) in [5, 5.41) is 0. The van der Waals surface area contributed by atoms with Crippen molar-refractivity contribution in [2.75, 3.05) is 6.54 Å². The fourth-order valence-electron chi connectivity index (χ4n) is 7.62. The Labute approximate surface area is 177 Å². The maximum Gasteiger partial charge on any atom is 0.230 e. The van der Waals surface area contributed by atoms with Gasteiger partial charge in [0, 0.05) is 22.8 Å². The lowest BCUT2D eigenvalue weighted by Gasteiger charge is -2.66. The molecule has 1 aliphatic heterocycles. The lowest BCUT2D eigenvalue weighted by molar-refractivity contribution is -0.174. The number of hydrogen-bond acceptors (Lipinski definition) is 1. The average Bonchev–Trinajstić information content (AvgIpc) is 3.00. The summed E-state index contributed by atoms with van der Waals surface area (Å²) in [4.78, 5) is 16.5. The number of fused-ring (bicyclic) bond motifs is 3. The molecule has 1 amide bonds. The van der Waals surface area contributed by atoms with E-state index in [0.717, 1.165) is 25.8 Å². The van der Waals surface area contributed by atoms with Crippen molar-refractivity contribution in [1.29, 1.82) is 0 Å². The first-order valence-electron chi connectivity index (χ1n) is 9.56. The topological polar surface area (TPSA) is 20.3 Å². The van der Waals surface area contributed by atoms with Crippen molar-refractivity contribution in [3.8, 4) is 0 Å². The molecule has 4 bridgehead atoms. The molecule has 5 heteroatoms. The van der Waals surface area contributed by atoms with Crippen LogP contribution in [0.3, 0.4) is 0 Å². The number of hydrogen-bond donors (Lipinski definition) is 0. The van der Waals surface area contributed by atoms with Crippen LogP contribution in [0.5, 0.6) is 0 Å². The summed E-state index contributed by atoms with van der Waals surface area (Å²) >= 11 is 11.6. The lowest BCUT2D eigenvalue weighted by Crippen LogP contribution is -2.72. The van der Waals surface area contributed by atoms with Crippen molar-refractivity contribution in [3.05, 3.63) is 0 Å². The van der Waals surface area contributed by atoms with E-state index in [9.17, 15) is 4.79 Å². The smallest absolute Gasteiger partial charge is 0.230 e. The summed E-state index contributed by atoms with van der Waals surface area (Å²) in [5.74, 6) is 0.430. The van der Waals surface area contributed by atoms with E-state index in [-0.39, 0.29) is 24.8 Å². The van der Waals surface area contributed by atoms with Crippen molar-refractivity contribution in [1.82, 2.24) is 4.90 Å². The summed E-state index contributed by atoms with van der Waals surface area (Å²) in [6.07, 6.45) is 5.69. The number of halogens is 3. The molecule has 5 fully saturated rings. The van der Waals surface area contributed by atoms with Crippen molar-refractivity contribution in [2.45, 2.75) is 81.3 Å². The van der Waals surface area contributed by atoms with Crippen LogP contribution in [0.1, 0.15) is 66.7 Å². The number of nitrogens with zero attached hydrogens (tertiary/aromatic N) is 1. The molecule has 5 aliphatic rings. The highest BCUT2D eigenvalue weighted by Gasteiger charge is 2.84. The Kier molecular flexibility index (Phi) is 4.07. The molecule has 142 valence electrons. The van der Waals surface area contributed by atoms with Crippen LogP contribution in [0.25, 0.3) is 0 Å². The Morgan fingerprint density at radius 2 is 1.72 bits per heavy atom. The third-order valence-corrected chi connectivity index (χ3v) is 11.8. The minimum Gasteiger partial charge on any atom is -0.339 e. The second-order valence-corrected chi connectivity index (χ2v) is 14.9. The average molecular weight is 540 g/mol. The van der Waals surface area contributed by atoms with Crippen LogP contribution in [0.4, 0.5) is 0 Å². The molecular formula is C20H30Br3NO. The first-order valence-corrected chi connectivity index (χ1v) is 12.3. The Morgan fingerprint density at radius 3 is 2.24 bits per heavy atom. The SMILES string of the molecule is CC1(C)CC2CC(C)(CN2C(=O)C23CCC(C(Br)Br)(C2Br)C3(C)C)C1. The van der Waals surface area contributed by atoms with Gasteiger partial charge in [-0.05, 0) is 48.3 Å². The summed E-state index contributed by atoms with van der Waals surface area (Å²) in [7, 11) is 0. The molecule has 0 aromatic rings. The molecule has 2 nitrogen and oxygen atoms in total. The van der Waals surface area contributed by atoms with Gasteiger partial charge in [-0.1, -0.05) is 82.4 Å². The van der Waals surface area contributed by atoms with Gasteiger partial charge in [0.15, 0.2) is 0 Å². The van der Waals surface area contributed by atoms with Gasteiger partial charge in [0.05, 0.1) is 9.15 Å². The molecule has 0 aromatic heterocycles. The summed E-state index contributed by atoms with van der Waals surface area (Å²) in [5.41, 5.74) is 0.516. The molecular weight excluding hydrogens is 510 g/mol. The van der Waals surface area contributed by atoms with E-state index in [1.54, 1.807) is 0 Å². The minimum absolute atomic E-state index is 0.00394. The monoisotopic (exact) mass is 537 g/mol. The molecule has 5 rings (SSSR count). The Morgan fingerprint density at radius 1 is 1.08 bits per heavy atom. The predicted octanol–water partition coefficient (Wildman–Crippen LogP) is 6.10. The molecule has 1 saturated heterocycles. The zero-order valence-corrected chi connectivity index (χ0v) is 20.7. The Bertz CT molecular complexity index is 632. The summed E-state index contributed by atoms with van der Waals surface area (Å²) in [6, 6.07) is 0.436. The van der Waals surface area contributed by atoms with Gasteiger partial charge in [-0.25, -0.2) is 0 Å². The molecule has 5 atom stereocenters. The number of likely N-dealkylation sites (tertiary alicyclic amines) is 1. The third-order valence-electron chi connectivity index (χ3n) is 8.54. The van der Waals surface area contributed by atoms with E-state index in [0.29, 0.717) is 22.8 Å². The number of alkyl halides is 3. The summed E-state index contributed by atoms with van der Waals surface area (Å²) in [6.45, 7) is 12.8. The molecule has 25 heavy (non-hydrogen) atoms. The van der Waals surface area contributed by atoms with Crippen LogP contribution in [-0.2, 0) is 4.79 Å². The largest absolute Gasteiger partial charge is 0.339 e. The second kappa shape index (κ2) is 5.28. The highest BCUT2D eigenvalue weighted by atomic mass is 79.9. The number of carbonyl (C=O) groups excluding carboxylic acids is 1. The minimum atomic E-state index is -0.245. The Balaban J connectivity index is 1.67. The van der Waals surface area contributed by atoms with E-state index >= 15 is 0 Å². The van der Waals surface area contributed by atoms with Gasteiger partial charge in [-0.2, -0.15) is 0 Å². The van der Waals surface area contributed by atoms with E-state index < -0.39 is 0 Å².